The van der Waals surface area contributed by atoms with Crippen molar-refractivity contribution in [3.63, 3.8) is 0 Å². The summed E-state index contributed by atoms with van der Waals surface area (Å²) in [6, 6.07) is 6.90. The van der Waals surface area contributed by atoms with Crippen LogP contribution in [0.25, 0.3) is 0 Å². The first-order chi connectivity index (χ1) is 10.2. The van der Waals surface area contributed by atoms with E-state index in [4.69, 9.17) is 9.47 Å². The molecule has 6 heteroatoms. The average molecular weight is 289 g/mol. The molecule has 0 saturated heterocycles. The van der Waals surface area contributed by atoms with Gasteiger partial charge < -0.3 is 14.8 Å². The minimum absolute atomic E-state index is 0.108. The number of hydrogen-bond acceptors (Lipinski definition) is 4. The van der Waals surface area contributed by atoms with Gasteiger partial charge in [-0.1, -0.05) is 0 Å². The molecule has 1 atom stereocenters. The Morgan fingerprint density at radius 1 is 1.38 bits per heavy atom. The molecule has 1 aromatic carbocycles. The number of benzene rings is 1. The zero-order valence-corrected chi connectivity index (χ0v) is 12.4. The Labute approximate surface area is 123 Å². The molecule has 0 aliphatic heterocycles. The first-order valence-electron chi connectivity index (χ1n) is 6.63. The van der Waals surface area contributed by atoms with Crippen LogP contribution in [0.3, 0.4) is 0 Å². The molecule has 1 N–H and O–H groups in total. The zero-order chi connectivity index (χ0) is 15.2. The number of amides is 1. The minimum atomic E-state index is -0.364. The summed E-state index contributed by atoms with van der Waals surface area (Å²) < 4.78 is 12.1. The molecule has 1 heterocycles. The van der Waals surface area contributed by atoms with Gasteiger partial charge in [0, 0.05) is 24.5 Å². The van der Waals surface area contributed by atoms with Gasteiger partial charge in [-0.05, 0) is 31.2 Å². The lowest BCUT2D eigenvalue weighted by Crippen LogP contribution is -2.30. The van der Waals surface area contributed by atoms with Gasteiger partial charge in [0.25, 0.3) is 0 Å². The highest BCUT2D eigenvalue weighted by Gasteiger charge is 2.15. The lowest BCUT2D eigenvalue weighted by atomic mass is 10.2. The van der Waals surface area contributed by atoms with Gasteiger partial charge in [-0.25, -0.2) is 0 Å². The monoisotopic (exact) mass is 289 g/mol. The first-order valence-corrected chi connectivity index (χ1v) is 6.63. The van der Waals surface area contributed by atoms with Crippen LogP contribution in [0.4, 0.5) is 0 Å². The van der Waals surface area contributed by atoms with E-state index in [0.717, 1.165) is 11.3 Å². The summed E-state index contributed by atoms with van der Waals surface area (Å²) in [5.41, 5.74) is 0.859. The molecule has 1 aromatic heterocycles. The van der Waals surface area contributed by atoms with Crippen LogP contribution in [0.2, 0.25) is 0 Å². The number of nitrogens with one attached hydrogen (secondary N) is 1. The normalized spacial score (nSPS) is 11.8. The maximum Gasteiger partial charge on any atom is 0.244 e. The van der Waals surface area contributed by atoms with Crippen LogP contribution in [-0.2, 0) is 11.3 Å². The van der Waals surface area contributed by atoms with Gasteiger partial charge >= 0.3 is 0 Å². The number of hydrogen-bond donors (Lipinski definition) is 1. The Balaban J connectivity index is 2.03. The molecule has 0 saturated carbocycles. The molecule has 112 valence electrons. The molecule has 0 radical (unpaired) electrons. The van der Waals surface area contributed by atoms with Crippen molar-refractivity contribution in [1.29, 1.82) is 0 Å². The van der Waals surface area contributed by atoms with Crippen molar-refractivity contribution in [3.8, 4) is 11.5 Å². The van der Waals surface area contributed by atoms with Crippen molar-refractivity contribution < 1.29 is 14.3 Å². The van der Waals surface area contributed by atoms with Crippen molar-refractivity contribution in [3.05, 3.63) is 42.2 Å². The zero-order valence-electron chi connectivity index (χ0n) is 12.4. The third-order valence-corrected chi connectivity index (χ3v) is 3.24. The maximum atomic E-state index is 12.1. The summed E-state index contributed by atoms with van der Waals surface area (Å²) in [7, 11) is 3.20. The Morgan fingerprint density at radius 3 is 2.81 bits per heavy atom. The highest BCUT2D eigenvalue weighted by Crippen LogP contribution is 2.23. The standard InChI is InChI=1S/C15H19N3O3/c1-11(18-8-4-7-17-18)15(19)16-10-12-9-13(20-2)5-6-14(12)21-3/h4-9,11H,10H2,1-3H3,(H,16,19)/t11-/m1/s1. The Bertz CT molecular complexity index is 596. The molecule has 0 aliphatic rings. The quantitative estimate of drug-likeness (QED) is 0.880. The van der Waals surface area contributed by atoms with E-state index < -0.39 is 0 Å². The molecule has 0 spiro atoms. The van der Waals surface area contributed by atoms with Gasteiger partial charge in [-0.3, -0.25) is 9.48 Å². The highest BCUT2D eigenvalue weighted by atomic mass is 16.5. The van der Waals surface area contributed by atoms with Crippen LogP contribution in [0.15, 0.2) is 36.7 Å². The van der Waals surface area contributed by atoms with Crippen LogP contribution in [0, 0.1) is 0 Å². The number of nitrogens with zero attached hydrogens (tertiary/aromatic N) is 2. The molecule has 0 unspecified atom stereocenters. The highest BCUT2D eigenvalue weighted by molar-refractivity contribution is 5.79. The number of aromatic nitrogens is 2. The van der Waals surface area contributed by atoms with Crippen molar-refractivity contribution in [2.45, 2.75) is 19.5 Å². The Kier molecular flexibility index (Phi) is 4.81. The number of methoxy groups -OCH3 is 2. The van der Waals surface area contributed by atoms with E-state index in [1.54, 1.807) is 44.3 Å². The van der Waals surface area contributed by atoms with Gasteiger partial charge in [0.1, 0.15) is 17.5 Å². The van der Waals surface area contributed by atoms with Crippen LogP contribution >= 0.6 is 0 Å². The van der Waals surface area contributed by atoms with E-state index in [9.17, 15) is 4.79 Å². The number of carbonyl (C=O) groups is 1. The molecular formula is C15H19N3O3. The van der Waals surface area contributed by atoms with Gasteiger partial charge in [0.2, 0.25) is 5.91 Å². The van der Waals surface area contributed by atoms with Gasteiger partial charge in [-0.15, -0.1) is 0 Å². The van der Waals surface area contributed by atoms with E-state index in [1.165, 1.54) is 0 Å². The van der Waals surface area contributed by atoms with E-state index in [2.05, 4.69) is 10.4 Å². The Morgan fingerprint density at radius 2 is 2.19 bits per heavy atom. The fourth-order valence-electron chi connectivity index (χ4n) is 1.98. The van der Waals surface area contributed by atoms with Crippen molar-refractivity contribution in [2.75, 3.05) is 14.2 Å². The molecule has 0 fully saturated rings. The summed E-state index contributed by atoms with van der Waals surface area (Å²) in [5.74, 6) is 1.33. The second-order valence-corrected chi connectivity index (χ2v) is 4.56. The third kappa shape index (κ3) is 3.53. The number of carbonyl (C=O) groups excluding carboxylic acids is 1. The van der Waals surface area contributed by atoms with Crippen LogP contribution in [0.5, 0.6) is 11.5 Å². The van der Waals surface area contributed by atoms with Crippen molar-refractivity contribution >= 4 is 5.91 Å². The largest absolute Gasteiger partial charge is 0.497 e. The van der Waals surface area contributed by atoms with Crippen molar-refractivity contribution in [2.24, 2.45) is 0 Å². The fraction of sp³-hybridized carbons (Fsp3) is 0.333. The summed E-state index contributed by atoms with van der Waals surface area (Å²) in [6.45, 7) is 2.16. The van der Waals surface area contributed by atoms with E-state index >= 15 is 0 Å². The fourth-order valence-corrected chi connectivity index (χ4v) is 1.98. The SMILES string of the molecule is COc1ccc(OC)c(CNC(=O)[C@@H](C)n2cccn2)c1. The molecule has 0 bridgehead atoms. The number of rotatable bonds is 6. The van der Waals surface area contributed by atoms with Crippen molar-refractivity contribution in [1.82, 2.24) is 15.1 Å². The molecule has 2 rings (SSSR count). The molecule has 6 nitrogen and oxygen atoms in total. The van der Waals surface area contributed by atoms with Crippen LogP contribution in [0.1, 0.15) is 18.5 Å². The van der Waals surface area contributed by atoms with Gasteiger partial charge in [-0.2, -0.15) is 5.10 Å². The summed E-state index contributed by atoms with van der Waals surface area (Å²) in [4.78, 5) is 12.1. The second-order valence-electron chi connectivity index (χ2n) is 4.56. The van der Waals surface area contributed by atoms with E-state index in [-0.39, 0.29) is 11.9 Å². The number of ether oxygens (including phenoxy) is 2. The summed E-state index contributed by atoms with van der Waals surface area (Å²) in [5, 5.41) is 6.94. The smallest absolute Gasteiger partial charge is 0.244 e. The molecule has 2 aromatic rings. The molecular weight excluding hydrogens is 270 g/mol. The predicted octanol–water partition coefficient (Wildman–Crippen LogP) is 1.78. The topological polar surface area (TPSA) is 65.4 Å². The lowest BCUT2D eigenvalue weighted by Gasteiger charge is -2.14. The average Bonchev–Trinajstić information content (AvgIpc) is 3.05. The lowest BCUT2D eigenvalue weighted by molar-refractivity contribution is -0.124. The second kappa shape index (κ2) is 6.78. The predicted molar refractivity (Wildman–Crippen MR) is 78.3 cm³/mol. The van der Waals surface area contributed by atoms with Crippen LogP contribution in [-0.4, -0.2) is 29.9 Å². The van der Waals surface area contributed by atoms with E-state index in [1.807, 2.05) is 18.2 Å². The Hall–Kier alpha value is -2.50. The molecule has 0 aliphatic carbocycles. The summed E-state index contributed by atoms with van der Waals surface area (Å²) in [6.07, 6.45) is 3.41. The molecule has 1 amide bonds. The minimum Gasteiger partial charge on any atom is -0.497 e. The third-order valence-electron chi connectivity index (χ3n) is 3.24. The maximum absolute atomic E-state index is 12.1. The first kappa shape index (κ1) is 14.9. The van der Waals surface area contributed by atoms with Gasteiger partial charge in [0.05, 0.1) is 14.2 Å². The van der Waals surface area contributed by atoms with Crippen LogP contribution < -0.4 is 14.8 Å². The van der Waals surface area contributed by atoms with E-state index in [0.29, 0.717) is 12.3 Å². The van der Waals surface area contributed by atoms with Gasteiger partial charge in [0.15, 0.2) is 0 Å². The summed E-state index contributed by atoms with van der Waals surface area (Å²) >= 11 is 0. The molecule has 21 heavy (non-hydrogen) atoms.